The molecule has 3 rings (SSSR count). The molecular weight excluding hydrogens is 320 g/mol. The second kappa shape index (κ2) is 6.76. The molecule has 0 aliphatic rings. The van der Waals surface area contributed by atoms with E-state index in [9.17, 15) is 4.79 Å². The number of rotatable bonds is 5. The van der Waals surface area contributed by atoms with E-state index in [2.05, 4.69) is 20.7 Å². The highest BCUT2D eigenvalue weighted by Gasteiger charge is 2.14. The van der Waals surface area contributed by atoms with Gasteiger partial charge in [0.25, 0.3) is 0 Å². The van der Waals surface area contributed by atoms with E-state index < -0.39 is 0 Å². The maximum absolute atomic E-state index is 12.3. The van der Waals surface area contributed by atoms with Crippen LogP contribution in [0.15, 0.2) is 30.5 Å². The molecule has 8 heteroatoms. The molecule has 0 spiro atoms. The van der Waals surface area contributed by atoms with E-state index in [4.69, 9.17) is 4.74 Å². The third-order valence-electron chi connectivity index (χ3n) is 4.00. The predicted octanol–water partition coefficient (Wildman–Crippen LogP) is 1.94. The summed E-state index contributed by atoms with van der Waals surface area (Å²) in [6.45, 7) is 3.83. The number of hydrogen-bond donors (Lipinski definition) is 1. The SMILES string of the molecule is COc1ccccc1-c1cn(CC(=O)Nc2c(C)nn(C)c2C)nn1. The van der Waals surface area contributed by atoms with Crippen molar-refractivity contribution in [2.24, 2.45) is 7.05 Å². The van der Waals surface area contributed by atoms with Crippen molar-refractivity contribution in [2.45, 2.75) is 20.4 Å². The van der Waals surface area contributed by atoms with E-state index in [-0.39, 0.29) is 12.5 Å². The summed E-state index contributed by atoms with van der Waals surface area (Å²) in [7, 11) is 3.45. The highest BCUT2D eigenvalue weighted by molar-refractivity contribution is 5.91. The lowest BCUT2D eigenvalue weighted by Gasteiger charge is -2.05. The molecule has 3 aromatic rings. The van der Waals surface area contributed by atoms with Gasteiger partial charge in [0.15, 0.2) is 0 Å². The van der Waals surface area contributed by atoms with E-state index in [1.54, 1.807) is 18.0 Å². The number of ether oxygens (including phenoxy) is 1. The van der Waals surface area contributed by atoms with Gasteiger partial charge in [0, 0.05) is 12.6 Å². The van der Waals surface area contributed by atoms with E-state index >= 15 is 0 Å². The zero-order valence-electron chi connectivity index (χ0n) is 14.6. The molecule has 0 fully saturated rings. The number of amides is 1. The molecule has 130 valence electrons. The number of anilines is 1. The van der Waals surface area contributed by atoms with Crippen LogP contribution in [0.2, 0.25) is 0 Å². The van der Waals surface area contributed by atoms with Crippen LogP contribution in [0.4, 0.5) is 5.69 Å². The van der Waals surface area contributed by atoms with Gasteiger partial charge >= 0.3 is 0 Å². The largest absolute Gasteiger partial charge is 0.496 e. The van der Waals surface area contributed by atoms with Crippen molar-refractivity contribution < 1.29 is 9.53 Å². The van der Waals surface area contributed by atoms with Crippen LogP contribution in [-0.2, 0) is 18.4 Å². The van der Waals surface area contributed by atoms with Crippen molar-refractivity contribution in [3.8, 4) is 17.0 Å². The number of nitrogens with one attached hydrogen (secondary N) is 1. The van der Waals surface area contributed by atoms with Gasteiger partial charge < -0.3 is 10.1 Å². The van der Waals surface area contributed by atoms with Gasteiger partial charge in [-0.1, -0.05) is 17.3 Å². The molecule has 1 amide bonds. The first-order valence-corrected chi connectivity index (χ1v) is 7.83. The quantitative estimate of drug-likeness (QED) is 0.767. The third-order valence-corrected chi connectivity index (χ3v) is 4.00. The smallest absolute Gasteiger partial charge is 0.246 e. The molecule has 0 saturated heterocycles. The molecule has 1 aromatic carbocycles. The second-order valence-corrected chi connectivity index (χ2v) is 5.72. The Balaban J connectivity index is 1.74. The molecule has 0 aliphatic heterocycles. The van der Waals surface area contributed by atoms with Crippen molar-refractivity contribution in [2.75, 3.05) is 12.4 Å². The molecule has 1 N–H and O–H groups in total. The van der Waals surface area contributed by atoms with Gasteiger partial charge in [0.1, 0.15) is 18.0 Å². The molecule has 0 aliphatic carbocycles. The number of aromatic nitrogens is 5. The predicted molar refractivity (Wildman–Crippen MR) is 93.3 cm³/mol. The number of methoxy groups -OCH3 is 1. The number of carbonyl (C=O) groups is 1. The molecular formula is C17H20N6O2. The lowest BCUT2D eigenvalue weighted by molar-refractivity contribution is -0.116. The van der Waals surface area contributed by atoms with Crippen LogP contribution in [0.3, 0.4) is 0 Å². The minimum atomic E-state index is -0.185. The number of carbonyl (C=O) groups excluding carboxylic acids is 1. The Bertz CT molecular complexity index is 912. The molecule has 0 unspecified atom stereocenters. The van der Waals surface area contributed by atoms with Crippen LogP contribution in [-0.4, -0.2) is 37.8 Å². The lowest BCUT2D eigenvalue weighted by Crippen LogP contribution is -2.19. The summed E-state index contributed by atoms with van der Waals surface area (Å²) in [5, 5.41) is 15.3. The number of hydrogen-bond acceptors (Lipinski definition) is 5. The van der Waals surface area contributed by atoms with Crippen molar-refractivity contribution in [1.82, 2.24) is 24.8 Å². The Morgan fingerprint density at radius 3 is 2.72 bits per heavy atom. The molecule has 0 bridgehead atoms. The average Bonchev–Trinajstić information content (AvgIpc) is 3.15. The Labute approximate surface area is 145 Å². The molecule has 25 heavy (non-hydrogen) atoms. The Kier molecular flexibility index (Phi) is 4.51. The average molecular weight is 340 g/mol. The van der Waals surface area contributed by atoms with Crippen LogP contribution < -0.4 is 10.1 Å². The van der Waals surface area contributed by atoms with Gasteiger partial charge in [-0.05, 0) is 26.0 Å². The fraction of sp³-hybridized carbons (Fsp3) is 0.294. The van der Waals surface area contributed by atoms with Gasteiger partial charge in [-0.2, -0.15) is 5.10 Å². The van der Waals surface area contributed by atoms with Gasteiger partial charge in [0.05, 0.1) is 30.4 Å². The summed E-state index contributed by atoms with van der Waals surface area (Å²) in [5.41, 5.74) is 3.90. The van der Waals surface area contributed by atoms with Crippen molar-refractivity contribution in [1.29, 1.82) is 0 Å². The van der Waals surface area contributed by atoms with Crippen LogP contribution in [0, 0.1) is 13.8 Å². The van der Waals surface area contributed by atoms with Crippen LogP contribution in [0.25, 0.3) is 11.3 Å². The Morgan fingerprint density at radius 2 is 2.04 bits per heavy atom. The van der Waals surface area contributed by atoms with Gasteiger partial charge in [0.2, 0.25) is 5.91 Å². The number of benzene rings is 1. The second-order valence-electron chi connectivity index (χ2n) is 5.72. The van der Waals surface area contributed by atoms with E-state index in [1.807, 2.05) is 45.2 Å². The number of nitrogens with zero attached hydrogens (tertiary/aromatic N) is 5. The standard InChI is InChI=1S/C17H20N6O2/c1-11-17(12(2)22(3)20-11)18-16(24)10-23-9-14(19-21-23)13-7-5-6-8-15(13)25-4/h5-9H,10H2,1-4H3,(H,18,24). The highest BCUT2D eigenvalue weighted by atomic mass is 16.5. The Morgan fingerprint density at radius 1 is 1.28 bits per heavy atom. The fourth-order valence-electron chi connectivity index (χ4n) is 2.64. The first kappa shape index (κ1) is 16.7. The first-order valence-electron chi connectivity index (χ1n) is 7.83. The first-order chi connectivity index (χ1) is 12.0. The summed E-state index contributed by atoms with van der Waals surface area (Å²) in [6, 6.07) is 7.54. The normalized spacial score (nSPS) is 10.7. The fourth-order valence-corrected chi connectivity index (χ4v) is 2.64. The summed E-state index contributed by atoms with van der Waals surface area (Å²) >= 11 is 0. The maximum Gasteiger partial charge on any atom is 0.246 e. The molecule has 0 saturated carbocycles. The Hall–Kier alpha value is -3.16. The molecule has 0 radical (unpaired) electrons. The van der Waals surface area contributed by atoms with Crippen molar-refractivity contribution >= 4 is 11.6 Å². The summed E-state index contributed by atoms with van der Waals surface area (Å²) in [6.07, 6.45) is 1.72. The summed E-state index contributed by atoms with van der Waals surface area (Å²) in [4.78, 5) is 12.3. The van der Waals surface area contributed by atoms with Crippen LogP contribution >= 0.6 is 0 Å². The van der Waals surface area contributed by atoms with E-state index in [0.717, 1.165) is 22.6 Å². The highest BCUT2D eigenvalue weighted by Crippen LogP contribution is 2.27. The minimum absolute atomic E-state index is 0.0654. The molecule has 2 heterocycles. The van der Waals surface area contributed by atoms with Crippen molar-refractivity contribution in [3.05, 3.63) is 41.9 Å². The molecule has 2 aromatic heterocycles. The number of para-hydroxylation sites is 1. The monoisotopic (exact) mass is 340 g/mol. The minimum Gasteiger partial charge on any atom is -0.496 e. The molecule has 8 nitrogen and oxygen atoms in total. The summed E-state index contributed by atoms with van der Waals surface area (Å²) in [5.74, 6) is 0.524. The number of aryl methyl sites for hydroxylation is 2. The maximum atomic E-state index is 12.3. The van der Waals surface area contributed by atoms with Crippen LogP contribution in [0.5, 0.6) is 5.75 Å². The van der Waals surface area contributed by atoms with E-state index in [0.29, 0.717) is 11.4 Å². The lowest BCUT2D eigenvalue weighted by atomic mass is 10.1. The van der Waals surface area contributed by atoms with Gasteiger partial charge in [-0.15, -0.1) is 5.10 Å². The van der Waals surface area contributed by atoms with E-state index in [1.165, 1.54) is 4.68 Å². The summed E-state index contributed by atoms with van der Waals surface area (Å²) < 4.78 is 8.57. The zero-order chi connectivity index (χ0) is 18.0. The van der Waals surface area contributed by atoms with Gasteiger partial charge in [-0.25, -0.2) is 4.68 Å². The molecule has 0 atom stereocenters. The zero-order valence-corrected chi connectivity index (χ0v) is 14.6. The third kappa shape index (κ3) is 3.37. The van der Waals surface area contributed by atoms with Crippen LogP contribution in [0.1, 0.15) is 11.4 Å². The van der Waals surface area contributed by atoms with Gasteiger partial charge in [-0.3, -0.25) is 9.48 Å². The van der Waals surface area contributed by atoms with Crippen molar-refractivity contribution in [3.63, 3.8) is 0 Å². The topological polar surface area (TPSA) is 86.9 Å².